The fourth-order valence-corrected chi connectivity index (χ4v) is 3.91. The van der Waals surface area contributed by atoms with Crippen LogP contribution in [0, 0.1) is 6.92 Å². The second-order valence-corrected chi connectivity index (χ2v) is 7.91. The molecule has 0 N–H and O–H groups in total. The molecule has 0 amide bonds. The molecule has 2 aromatic carbocycles. The zero-order valence-electron chi connectivity index (χ0n) is 17.9. The van der Waals surface area contributed by atoms with E-state index in [1.165, 1.54) is 7.11 Å². The van der Waals surface area contributed by atoms with Gasteiger partial charge in [-0.25, -0.2) is 14.8 Å². The third kappa shape index (κ3) is 4.06. The predicted octanol–water partition coefficient (Wildman–Crippen LogP) is 5.85. The van der Waals surface area contributed by atoms with E-state index in [9.17, 15) is 4.79 Å². The summed E-state index contributed by atoms with van der Waals surface area (Å²) in [4.78, 5) is 21.5. The molecule has 0 saturated heterocycles. The number of carbonyl (C=O) groups is 1. The molecule has 4 rings (SSSR count). The van der Waals surface area contributed by atoms with Gasteiger partial charge in [-0.3, -0.25) is 0 Å². The molecule has 158 valence electrons. The Morgan fingerprint density at radius 2 is 1.87 bits per heavy atom. The van der Waals surface area contributed by atoms with Crippen LogP contribution in [0.3, 0.4) is 0 Å². The first-order valence-corrected chi connectivity index (χ1v) is 10.7. The Morgan fingerprint density at radius 3 is 2.58 bits per heavy atom. The number of ether oxygens (including phenoxy) is 1. The molecule has 0 spiro atoms. The Labute approximate surface area is 186 Å². The SMILES string of the molecule is CCCc1nc2c(C)c(Cl)cnc2n1Cc1ccc(-c2ccccc2C(=O)OC)cc1. The lowest BCUT2D eigenvalue weighted by atomic mass is 9.98. The summed E-state index contributed by atoms with van der Waals surface area (Å²) in [6.07, 6.45) is 3.57. The van der Waals surface area contributed by atoms with Gasteiger partial charge in [0.1, 0.15) is 11.3 Å². The summed E-state index contributed by atoms with van der Waals surface area (Å²) in [6.45, 7) is 4.79. The Hall–Kier alpha value is -3.18. The summed E-state index contributed by atoms with van der Waals surface area (Å²) in [5.74, 6) is 0.671. The Kier molecular flexibility index (Phi) is 6.05. The number of pyridine rings is 1. The van der Waals surface area contributed by atoms with Crippen LogP contribution in [0.5, 0.6) is 0 Å². The number of aromatic nitrogens is 3. The molecule has 0 saturated carbocycles. The van der Waals surface area contributed by atoms with Gasteiger partial charge in [0.05, 0.1) is 24.2 Å². The molecule has 0 bridgehead atoms. The van der Waals surface area contributed by atoms with E-state index < -0.39 is 0 Å². The monoisotopic (exact) mass is 433 g/mol. The van der Waals surface area contributed by atoms with Crippen LogP contribution >= 0.6 is 11.6 Å². The van der Waals surface area contributed by atoms with Crippen molar-refractivity contribution in [2.75, 3.05) is 7.11 Å². The molecular weight excluding hydrogens is 410 g/mol. The number of nitrogens with zero attached hydrogens (tertiary/aromatic N) is 3. The van der Waals surface area contributed by atoms with Gasteiger partial charge in [-0.05, 0) is 41.7 Å². The number of esters is 1. The van der Waals surface area contributed by atoms with Crippen molar-refractivity contribution in [2.24, 2.45) is 0 Å². The fraction of sp³-hybridized carbons (Fsp3) is 0.240. The van der Waals surface area contributed by atoms with Gasteiger partial charge in [-0.15, -0.1) is 0 Å². The van der Waals surface area contributed by atoms with Crippen molar-refractivity contribution in [2.45, 2.75) is 33.2 Å². The second kappa shape index (κ2) is 8.90. The Bertz CT molecular complexity index is 1250. The average molecular weight is 434 g/mol. The zero-order chi connectivity index (χ0) is 22.0. The minimum atomic E-state index is -0.339. The molecule has 0 aliphatic carbocycles. The van der Waals surface area contributed by atoms with E-state index in [-0.39, 0.29) is 5.97 Å². The van der Waals surface area contributed by atoms with Crippen molar-refractivity contribution in [3.63, 3.8) is 0 Å². The number of methoxy groups -OCH3 is 1. The molecule has 6 heteroatoms. The molecular formula is C25H24ClN3O2. The first-order chi connectivity index (χ1) is 15.0. The largest absolute Gasteiger partial charge is 0.465 e. The molecule has 4 aromatic rings. The summed E-state index contributed by atoms with van der Waals surface area (Å²) in [5, 5.41) is 0.633. The van der Waals surface area contributed by atoms with Gasteiger partial charge in [0.25, 0.3) is 0 Å². The number of fused-ring (bicyclic) bond motifs is 1. The van der Waals surface area contributed by atoms with Crippen molar-refractivity contribution in [1.82, 2.24) is 14.5 Å². The fourth-order valence-electron chi connectivity index (χ4n) is 3.78. The van der Waals surface area contributed by atoms with E-state index in [4.69, 9.17) is 21.3 Å². The maximum Gasteiger partial charge on any atom is 0.338 e. The van der Waals surface area contributed by atoms with Crippen LogP contribution in [0.1, 0.15) is 40.7 Å². The van der Waals surface area contributed by atoms with Gasteiger partial charge in [-0.1, -0.05) is 61.0 Å². The third-order valence-electron chi connectivity index (χ3n) is 5.45. The summed E-state index contributed by atoms with van der Waals surface area (Å²) >= 11 is 6.26. The number of benzene rings is 2. The van der Waals surface area contributed by atoms with Gasteiger partial charge < -0.3 is 9.30 Å². The molecule has 5 nitrogen and oxygen atoms in total. The van der Waals surface area contributed by atoms with Gasteiger partial charge in [0.2, 0.25) is 0 Å². The van der Waals surface area contributed by atoms with E-state index in [2.05, 4.69) is 28.6 Å². The van der Waals surface area contributed by atoms with E-state index in [0.29, 0.717) is 17.1 Å². The normalized spacial score (nSPS) is 11.1. The van der Waals surface area contributed by atoms with Crippen LogP contribution in [-0.4, -0.2) is 27.6 Å². The predicted molar refractivity (Wildman–Crippen MR) is 124 cm³/mol. The number of hydrogen-bond donors (Lipinski definition) is 0. The highest BCUT2D eigenvalue weighted by atomic mass is 35.5. The maximum atomic E-state index is 12.1. The van der Waals surface area contributed by atoms with E-state index in [0.717, 1.165) is 52.1 Å². The van der Waals surface area contributed by atoms with E-state index >= 15 is 0 Å². The molecule has 0 radical (unpaired) electrons. The lowest BCUT2D eigenvalue weighted by Crippen LogP contribution is -2.06. The van der Waals surface area contributed by atoms with Crippen LogP contribution in [0.25, 0.3) is 22.3 Å². The Morgan fingerprint density at radius 1 is 1.13 bits per heavy atom. The highest BCUT2D eigenvalue weighted by molar-refractivity contribution is 6.31. The van der Waals surface area contributed by atoms with Crippen LogP contribution in [0.4, 0.5) is 0 Å². The minimum absolute atomic E-state index is 0.339. The number of aryl methyl sites for hydroxylation is 2. The maximum absolute atomic E-state index is 12.1. The third-order valence-corrected chi connectivity index (χ3v) is 5.83. The number of hydrogen-bond acceptors (Lipinski definition) is 4. The van der Waals surface area contributed by atoms with E-state index in [1.807, 2.05) is 37.3 Å². The minimum Gasteiger partial charge on any atom is -0.465 e. The highest BCUT2D eigenvalue weighted by Crippen LogP contribution is 2.27. The molecule has 31 heavy (non-hydrogen) atoms. The lowest BCUT2D eigenvalue weighted by Gasteiger charge is -2.11. The summed E-state index contributed by atoms with van der Waals surface area (Å²) < 4.78 is 7.09. The molecule has 2 heterocycles. The van der Waals surface area contributed by atoms with E-state index in [1.54, 1.807) is 12.3 Å². The quantitative estimate of drug-likeness (QED) is 0.358. The topological polar surface area (TPSA) is 57.0 Å². The highest BCUT2D eigenvalue weighted by Gasteiger charge is 2.16. The average Bonchev–Trinajstić information content (AvgIpc) is 3.14. The Balaban J connectivity index is 1.69. The van der Waals surface area contributed by atoms with Crippen LogP contribution in [0.2, 0.25) is 5.02 Å². The first-order valence-electron chi connectivity index (χ1n) is 10.3. The van der Waals surface area contributed by atoms with Gasteiger partial charge in [0.15, 0.2) is 5.65 Å². The number of halogens is 1. The number of rotatable bonds is 6. The summed E-state index contributed by atoms with van der Waals surface area (Å²) in [5.41, 5.74) is 6.18. The van der Waals surface area contributed by atoms with Gasteiger partial charge in [0, 0.05) is 12.6 Å². The molecule has 0 fully saturated rings. The summed E-state index contributed by atoms with van der Waals surface area (Å²) in [7, 11) is 1.40. The van der Waals surface area contributed by atoms with Crippen molar-refractivity contribution < 1.29 is 9.53 Å². The molecule has 0 unspecified atom stereocenters. The number of carbonyl (C=O) groups excluding carboxylic acids is 1. The van der Waals surface area contributed by atoms with Crippen molar-refractivity contribution in [3.8, 4) is 11.1 Å². The van der Waals surface area contributed by atoms with Gasteiger partial charge in [-0.2, -0.15) is 0 Å². The molecule has 0 atom stereocenters. The first kappa shape index (κ1) is 21.1. The number of imidazole rings is 1. The molecule has 0 aliphatic heterocycles. The standard InChI is InChI=1S/C25H24ClN3O2/c1-4-7-22-28-23-16(2)21(26)14-27-24(23)29(22)15-17-10-12-18(13-11-17)19-8-5-6-9-20(19)25(30)31-3/h5-6,8-14H,4,7,15H2,1-3H3. The summed E-state index contributed by atoms with van der Waals surface area (Å²) in [6, 6.07) is 15.7. The van der Waals surface area contributed by atoms with Crippen LogP contribution < -0.4 is 0 Å². The second-order valence-electron chi connectivity index (χ2n) is 7.50. The zero-order valence-corrected chi connectivity index (χ0v) is 18.6. The van der Waals surface area contributed by atoms with Crippen molar-refractivity contribution >= 4 is 28.7 Å². The van der Waals surface area contributed by atoms with Gasteiger partial charge >= 0.3 is 5.97 Å². The lowest BCUT2D eigenvalue weighted by molar-refractivity contribution is 0.0601. The molecule has 0 aliphatic rings. The smallest absolute Gasteiger partial charge is 0.338 e. The van der Waals surface area contributed by atoms with Crippen molar-refractivity contribution in [1.29, 1.82) is 0 Å². The van der Waals surface area contributed by atoms with Crippen LogP contribution in [0.15, 0.2) is 54.7 Å². The molecule has 2 aromatic heterocycles. The van der Waals surface area contributed by atoms with Crippen LogP contribution in [-0.2, 0) is 17.7 Å². The van der Waals surface area contributed by atoms with Crippen molar-refractivity contribution in [3.05, 3.63) is 82.3 Å².